The van der Waals surface area contributed by atoms with Crippen LogP contribution in [0.2, 0.25) is 0 Å². The maximum atomic E-state index is 13.3. The summed E-state index contributed by atoms with van der Waals surface area (Å²) in [6.07, 6.45) is -6.61. The number of hydrogen-bond acceptors (Lipinski definition) is 3. The number of H-pyrrole nitrogens is 1. The van der Waals surface area contributed by atoms with Gasteiger partial charge >= 0.3 is 23.9 Å². The molecule has 130 valence electrons. The summed E-state index contributed by atoms with van der Waals surface area (Å²) < 4.78 is 88.4. The standard InChI is InChI=1S/C12H7F7N4O/c13-10(14,11(15,16)12(17,18)19)9(24)20-8-7(21-23-22-8)6-4-2-1-3-5-6/h1-5H,(H2,20,21,22,23,24). The Kier molecular flexibility index (Phi) is 4.25. The Morgan fingerprint density at radius 2 is 1.54 bits per heavy atom. The Labute approximate surface area is 128 Å². The molecule has 0 radical (unpaired) electrons. The molecule has 2 rings (SSSR count). The van der Waals surface area contributed by atoms with Crippen LogP contribution in [0.4, 0.5) is 36.6 Å². The number of rotatable bonds is 4. The molecule has 0 aliphatic carbocycles. The van der Waals surface area contributed by atoms with Crippen molar-refractivity contribution in [3.63, 3.8) is 0 Å². The lowest BCUT2D eigenvalue weighted by Gasteiger charge is -2.26. The maximum Gasteiger partial charge on any atom is 0.460 e. The lowest BCUT2D eigenvalue weighted by atomic mass is 10.1. The Bertz CT molecular complexity index is 727. The van der Waals surface area contributed by atoms with Gasteiger partial charge in [-0.05, 0) is 0 Å². The van der Waals surface area contributed by atoms with Crippen LogP contribution in [-0.4, -0.2) is 39.3 Å². The van der Waals surface area contributed by atoms with Crippen LogP contribution in [0.15, 0.2) is 30.3 Å². The van der Waals surface area contributed by atoms with Gasteiger partial charge in [-0.3, -0.25) is 4.79 Å². The molecule has 5 nitrogen and oxygen atoms in total. The largest absolute Gasteiger partial charge is 0.460 e. The first-order valence-electron chi connectivity index (χ1n) is 6.08. The van der Waals surface area contributed by atoms with Crippen LogP contribution < -0.4 is 5.32 Å². The normalized spacial score (nSPS) is 13.0. The highest BCUT2D eigenvalue weighted by Crippen LogP contribution is 2.47. The molecule has 1 aromatic carbocycles. The van der Waals surface area contributed by atoms with Gasteiger partial charge in [-0.25, -0.2) is 0 Å². The van der Waals surface area contributed by atoms with Gasteiger partial charge in [-0.1, -0.05) is 30.3 Å². The molecule has 12 heteroatoms. The maximum absolute atomic E-state index is 13.3. The van der Waals surface area contributed by atoms with Gasteiger partial charge in [0, 0.05) is 5.56 Å². The number of hydrogen-bond donors (Lipinski definition) is 2. The quantitative estimate of drug-likeness (QED) is 0.827. The molecular formula is C12H7F7N4O. The van der Waals surface area contributed by atoms with Crippen molar-refractivity contribution in [3.05, 3.63) is 30.3 Å². The van der Waals surface area contributed by atoms with Crippen LogP contribution in [0.5, 0.6) is 0 Å². The van der Waals surface area contributed by atoms with Crippen LogP contribution in [0.1, 0.15) is 0 Å². The highest BCUT2D eigenvalue weighted by Gasteiger charge is 2.76. The Morgan fingerprint density at radius 3 is 2.08 bits per heavy atom. The zero-order valence-electron chi connectivity index (χ0n) is 11.3. The third kappa shape index (κ3) is 2.90. The number of alkyl halides is 7. The van der Waals surface area contributed by atoms with Crippen LogP contribution >= 0.6 is 0 Å². The third-order valence-corrected chi connectivity index (χ3v) is 2.86. The molecule has 0 saturated heterocycles. The van der Waals surface area contributed by atoms with Crippen LogP contribution in [0.25, 0.3) is 11.3 Å². The van der Waals surface area contributed by atoms with E-state index in [0.717, 1.165) is 0 Å². The predicted molar refractivity (Wildman–Crippen MR) is 66.4 cm³/mol. The van der Waals surface area contributed by atoms with Crippen LogP contribution in [0, 0.1) is 0 Å². The highest BCUT2D eigenvalue weighted by atomic mass is 19.4. The number of halogens is 7. The molecule has 2 N–H and O–H groups in total. The molecular weight excluding hydrogens is 349 g/mol. The van der Waals surface area contributed by atoms with Crippen molar-refractivity contribution < 1.29 is 35.5 Å². The molecule has 2 aromatic rings. The summed E-state index contributed by atoms with van der Waals surface area (Å²) in [6, 6.07) is 7.48. The zero-order chi connectivity index (χ0) is 18.2. The molecule has 0 aliphatic rings. The second kappa shape index (κ2) is 5.76. The number of carbonyl (C=O) groups excluding carboxylic acids is 1. The van der Waals surface area contributed by atoms with Crippen molar-refractivity contribution in [3.8, 4) is 11.3 Å². The van der Waals surface area contributed by atoms with Gasteiger partial charge in [-0.2, -0.15) is 41.0 Å². The molecule has 0 unspecified atom stereocenters. The topological polar surface area (TPSA) is 70.7 Å². The summed E-state index contributed by atoms with van der Waals surface area (Å²) in [5, 5.41) is 9.98. The van der Waals surface area contributed by atoms with Crippen molar-refractivity contribution in [2.45, 2.75) is 18.0 Å². The Morgan fingerprint density at radius 1 is 0.958 bits per heavy atom. The fraction of sp³-hybridized carbons (Fsp3) is 0.250. The first-order chi connectivity index (χ1) is 11.0. The predicted octanol–water partition coefficient (Wildman–Crippen LogP) is 3.24. The van der Waals surface area contributed by atoms with E-state index in [1.807, 2.05) is 5.21 Å². The second-order valence-electron chi connectivity index (χ2n) is 4.49. The van der Waals surface area contributed by atoms with Gasteiger partial charge in [0.05, 0.1) is 0 Å². The average molecular weight is 356 g/mol. The summed E-state index contributed by atoms with van der Waals surface area (Å²) in [6.45, 7) is 0. The molecule has 24 heavy (non-hydrogen) atoms. The van der Waals surface area contributed by atoms with Crippen molar-refractivity contribution >= 4 is 11.7 Å². The number of aromatic amines is 1. The Hall–Kier alpha value is -2.66. The van der Waals surface area contributed by atoms with E-state index in [1.54, 1.807) is 6.07 Å². The molecule has 0 fully saturated rings. The van der Waals surface area contributed by atoms with E-state index >= 15 is 0 Å². The van der Waals surface area contributed by atoms with E-state index in [-0.39, 0.29) is 11.3 Å². The van der Waals surface area contributed by atoms with Crippen molar-refractivity contribution in [2.75, 3.05) is 5.32 Å². The fourth-order valence-corrected chi connectivity index (χ4v) is 1.62. The van der Waals surface area contributed by atoms with Gasteiger partial charge in [0.25, 0.3) is 0 Å². The van der Waals surface area contributed by atoms with E-state index < -0.39 is 29.7 Å². The molecule has 1 amide bonds. The minimum atomic E-state index is -6.61. The molecule has 0 atom stereocenters. The molecule has 0 spiro atoms. The highest BCUT2D eigenvalue weighted by molar-refractivity contribution is 5.98. The average Bonchev–Trinajstić information content (AvgIpc) is 2.94. The van der Waals surface area contributed by atoms with Crippen LogP contribution in [-0.2, 0) is 4.79 Å². The van der Waals surface area contributed by atoms with Gasteiger partial charge in [-0.15, -0.1) is 5.10 Å². The van der Waals surface area contributed by atoms with E-state index in [1.165, 1.54) is 29.6 Å². The summed E-state index contributed by atoms with van der Waals surface area (Å²) in [7, 11) is 0. The summed E-state index contributed by atoms with van der Waals surface area (Å²) >= 11 is 0. The number of aromatic nitrogens is 3. The van der Waals surface area contributed by atoms with Gasteiger partial charge in [0.15, 0.2) is 5.82 Å². The van der Waals surface area contributed by atoms with E-state index in [0.29, 0.717) is 0 Å². The lowest BCUT2D eigenvalue weighted by Crippen LogP contribution is -2.57. The summed E-state index contributed by atoms with van der Waals surface area (Å²) in [5.41, 5.74) is 0.0440. The second-order valence-corrected chi connectivity index (χ2v) is 4.49. The van der Waals surface area contributed by atoms with Gasteiger partial charge in [0.2, 0.25) is 0 Å². The molecule has 0 saturated carbocycles. The first-order valence-corrected chi connectivity index (χ1v) is 6.08. The minimum absolute atomic E-state index is 0.213. The number of nitrogens with one attached hydrogen (secondary N) is 2. The number of benzene rings is 1. The smallest absolute Gasteiger partial charge is 0.302 e. The number of anilines is 1. The van der Waals surface area contributed by atoms with Crippen molar-refractivity contribution in [1.29, 1.82) is 0 Å². The van der Waals surface area contributed by atoms with E-state index in [2.05, 4.69) is 10.2 Å². The SMILES string of the molecule is O=C(Nc1n[nH]nc1-c1ccccc1)C(F)(F)C(F)(F)C(F)(F)F. The molecule has 1 heterocycles. The zero-order valence-corrected chi connectivity index (χ0v) is 11.3. The monoisotopic (exact) mass is 356 g/mol. The summed E-state index contributed by atoms with van der Waals surface area (Å²) in [4.78, 5) is 11.3. The van der Waals surface area contributed by atoms with Crippen molar-refractivity contribution in [1.82, 2.24) is 15.4 Å². The third-order valence-electron chi connectivity index (χ3n) is 2.86. The number of nitrogens with zero attached hydrogens (tertiary/aromatic N) is 2. The molecule has 0 bridgehead atoms. The van der Waals surface area contributed by atoms with Crippen LogP contribution in [0.3, 0.4) is 0 Å². The Balaban J connectivity index is 2.30. The molecule has 1 aromatic heterocycles. The van der Waals surface area contributed by atoms with E-state index in [4.69, 9.17) is 0 Å². The van der Waals surface area contributed by atoms with Crippen molar-refractivity contribution in [2.24, 2.45) is 0 Å². The minimum Gasteiger partial charge on any atom is -0.302 e. The fourth-order valence-electron chi connectivity index (χ4n) is 1.62. The van der Waals surface area contributed by atoms with Gasteiger partial charge in [0.1, 0.15) is 5.69 Å². The number of amides is 1. The lowest BCUT2D eigenvalue weighted by molar-refractivity contribution is -0.343. The molecule has 0 aliphatic heterocycles. The van der Waals surface area contributed by atoms with Gasteiger partial charge < -0.3 is 5.32 Å². The van der Waals surface area contributed by atoms with E-state index in [9.17, 15) is 35.5 Å². The first kappa shape index (κ1) is 17.7. The summed E-state index contributed by atoms with van der Waals surface area (Å²) in [5.74, 6) is -16.2. The number of carbonyl (C=O) groups is 1.